The first-order valence-corrected chi connectivity index (χ1v) is 7.43. The Morgan fingerprint density at radius 1 is 1.19 bits per heavy atom. The fraction of sp³-hybridized carbons (Fsp3) is 0.462. The fourth-order valence-corrected chi connectivity index (χ4v) is 2.48. The van der Waals surface area contributed by atoms with Gasteiger partial charge in [-0.1, -0.05) is 34.1 Å². The van der Waals surface area contributed by atoms with Crippen molar-refractivity contribution in [2.45, 2.75) is 41.0 Å². The van der Waals surface area contributed by atoms with E-state index < -0.39 is 0 Å². The Morgan fingerprint density at radius 2 is 1.81 bits per heavy atom. The van der Waals surface area contributed by atoms with Crippen molar-refractivity contribution in [2.24, 2.45) is 0 Å². The minimum atomic E-state index is 1.13. The highest BCUT2D eigenvalue weighted by molar-refractivity contribution is 7.20. The summed E-state index contributed by atoms with van der Waals surface area (Å²) in [5, 5.41) is 3.13. The van der Waals surface area contributed by atoms with Gasteiger partial charge < -0.3 is 0 Å². The average Bonchev–Trinajstić information content (AvgIpc) is 2.92. The second-order valence-corrected chi connectivity index (χ2v) is 5.14. The maximum Gasteiger partial charge on any atom is 0.133 e. The van der Waals surface area contributed by atoms with Crippen LogP contribution in [0.3, 0.4) is 0 Å². The van der Waals surface area contributed by atoms with E-state index in [4.69, 9.17) is 0 Å². The molecule has 0 aromatic carbocycles. The summed E-state index contributed by atoms with van der Waals surface area (Å²) in [5.74, 6) is 0. The molecule has 2 heterocycles. The van der Waals surface area contributed by atoms with E-state index in [1.807, 2.05) is 25.4 Å². The van der Waals surface area contributed by atoms with Crippen LogP contribution in [0.4, 0.5) is 0 Å². The Kier molecular flexibility index (Phi) is 9.15. The molecule has 0 spiro atoms. The first kappa shape index (κ1) is 15.3. The van der Waals surface area contributed by atoms with Crippen molar-refractivity contribution in [1.82, 2.24) is 4.98 Å². The molecular weight excluding hydrogens is 234 g/mol. The van der Waals surface area contributed by atoms with Gasteiger partial charge in [-0.3, -0.25) is 0 Å². The van der Waals surface area contributed by atoms with Crippen LogP contribution in [0, 0.1) is 6.92 Å². The van der Waals surface area contributed by atoms with Crippen LogP contribution in [-0.4, -0.2) is 4.98 Å². The molecule has 0 radical (unpaired) electrons. The molecule has 0 atom stereocenters. The van der Waals surface area contributed by atoms with Gasteiger partial charge in [0.05, 0.1) is 4.88 Å². The highest BCUT2D eigenvalue weighted by Gasteiger charge is 2.01. The first-order chi connectivity index (χ1) is 7.77. The number of aryl methyl sites for hydroxylation is 1. The fourth-order valence-electron chi connectivity index (χ4n) is 0.895. The molecule has 0 aliphatic carbocycles. The number of hydrogen-bond donors (Lipinski definition) is 0. The van der Waals surface area contributed by atoms with Crippen LogP contribution in [-0.2, 0) is 0 Å². The van der Waals surface area contributed by atoms with Crippen molar-refractivity contribution >= 4 is 22.7 Å². The summed E-state index contributed by atoms with van der Waals surface area (Å²) in [7, 11) is 0. The van der Waals surface area contributed by atoms with E-state index >= 15 is 0 Å². The molecule has 2 rings (SSSR count). The zero-order valence-corrected chi connectivity index (χ0v) is 12.4. The zero-order chi connectivity index (χ0) is 12.4. The van der Waals surface area contributed by atoms with Crippen molar-refractivity contribution in [2.75, 3.05) is 0 Å². The second kappa shape index (κ2) is 9.55. The predicted molar refractivity (Wildman–Crippen MR) is 77.5 cm³/mol. The van der Waals surface area contributed by atoms with Gasteiger partial charge in [0.2, 0.25) is 0 Å². The summed E-state index contributed by atoms with van der Waals surface area (Å²) >= 11 is 3.48. The van der Waals surface area contributed by atoms with E-state index in [0.29, 0.717) is 0 Å². The van der Waals surface area contributed by atoms with E-state index in [1.54, 1.807) is 22.7 Å². The molecule has 0 aliphatic heterocycles. The minimum absolute atomic E-state index is 1.13. The maximum atomic E-state index is 4.23. The van der Waals surface area contributed by atoms with Crippen LogP contribution < -0.4 is 0 Å². The number of thiazole rings is 1. The molecule has 0 fully saturated rings. The summed E-state index contributed by atoms with van der Waals surface area (Å²) in [6.45, 7) is 10.4. The molecule has 16 heavy (non-hydrogen) atoms. The van der Waals surface area contributed by atoms with Gasteiger partial charge in [0.25, 0.3) is 0 Å². The van der Waals surface area contributed by atoms with Gasteiger partial charge in [-0.2, -0.15) is 0 Å². The largest absolute Gasteiger partial charge is 0.244 e. The zero-order valence-electron chi connectivity index (χ0n) is 10.8. The van der Waals surface area contributed by atoms with Gasteiger partial charge in [-0.25, -0.2) is 4.98 Å². The molecular formula is C13H21NS2. The molecule has 0 saturated carbocycles. The highest BCUT2D eigenvalue weighted by Crippen LogP contribution is 2.28. The molecule has 0 amide bonds. The molecule has 90 valence electrons. The molecule has 0 bridgehead atoms. The van der Waals surface area contributed by atoms with Crippen LogP contribution in [0.1, 0.15) is 39.0 Å². The monoisotopic (exact) mass is 255 g/mol. The van der Waals surface area contributed by atoms with E-state index in [9.17, 15) is 0 Å². The van der Waals surface area contributed by atoms with Crippen LogP contribution in [0.2, 0.25) is 0 Å². The third kappa shape index (κ3) is 5.42. The summed E-state index contributed by atoms with van der Waals surface area (Å²) in [6.07, 6.45) is 3.09. The van der Waals surface area contributed by atoms with Crippen LogP contribution in [0.25, 0.3) is 9.88 Å². The van der Waals surface area contributed by atoms with E-state index in [1.165, 1.54) is 16.2 Å². The summed E-state index contributed by atoms with van der Waals surface area (Å²) < 4.78 is 0. The Morgan fingerprint density at radius 3 is 2.19 bits per heavy atom. The van der Waals surface area contributed by atoms with Gasteiger partial charge in [0.15, 0.2) is 0 Å². The summed E-state index contributed by atoms with van der Waals surface area (Å²) in [4.78, 5) is 6.85. The molecule has 2 aromatic rings. The number of nitrogens with zero attached hydrogens (tertiary/aromatic N) is 1. The van der Waals surface area contributed by atoms with Gasteiger partial charge in [-0.15, -0.1) is 22.7 Å². The normalized spacial score (nSPS) is 8.56. The maximum absolute atomic E-state index is 4.23. The Balaban J connectivity index is 0.000000394. The molecule has 2 aromatic heterocycles. The Bertz CT molecular complexity index is 350. The molecule has 0 aliphatic rings. The number of thiophene rings is 1. The van der Waals surface area contributed by atoms with Gasteiger partial charge >= 0.3 is 0 Å². The Hall–Kier alpha value is -0.670. The van der Waals surface area contributed by atoms with Gasteiger partial charge in [0.1, 0.15) is 5.01 Å². The van der Waals surface area contributed by atoms with Crippen molar-refractivity contribution in [1.29, 1.82) is 0 Å². The molecule has 0 unspecified atom stereocenters. The lowest BCUT2D eigenvalue weighted by Gasteiger charge is -1.84. The van der Waals surface area contributed by atoms with Gasteiger partial charge in [0, 0.05) is 16.5 Å². The lowest BCUT2D eigenvalue weighted by atomic mass is 10.4. The van der Waals surface area contributed by atoms with Crippen LogP contribution >= 0.6 is 22.7 Å². The number of aromatic nitrogens is 1. The van der Waals surface area contributed by atoms with Crippen molar-refractivity contribution in [3.8, 4) is 9.88 Å². The van der Waals surface area contributed by atoms with E-state index in [2.05, 4.69) is 37.9 Å². The van der Waals surface area contributed by atoms with E-state index in [-0.39, 0.29) is 0 Å². The summed E-state index contributed by atoms with van der Waals surface area (Å²) in [5.41, 5.74) is 0. The molecule has 3 heteroatoms. The number of rotatable bonds is 1. The smallest absolute Gasteiger partial charge is 0.133 e. The molecule has 0 N–H and O–H groups in total. The van der Waals surface area contributed by atoms with E-state index in [0.717, 1.165) is 5.01 Å². The van der Waals surface area contributed by atoms with Crippen LogP contribution in [0.15, 0.2) is 23.7 Å². The Labute approximate surface area is 107 Å². The third-order valence-electron chi connectivity index (χ3n) is 1.38. The van der Waals surface area contributed by atoms with Crippen molar-refractivity contribution < 1.29 is 0 Å². The second-order valence-electron chi connectivity index (χ2n) is 2.95. The minimum Gasteiger partial charge on any atom is -0.244 e. The molecule has 1 nitrogen and oxygen atoms in total. The SMILES string of the molecule is CC.CCC.Cc1ccc(-c2nccs2)s1. The summed E-state index contributed by atoms with van der Waals surface area (Å²) in [6, 6.07) is 4.25. The van der Waals surface area contributed by atoms with Crippen LogP contribution in [0.5, 0.6) is 0 Å². The average molecular weight is 255 g/mol. The number of hydrogen-bond acceptors (Lipinski definition) is 3. The van der Waals surface area contributed by atoms with Crippen molar-refractivity contribution in [3.05, 3.63) is 28.6 Å². The predicted octanol–water partition coefficient (Wildman–Crippen LogP) is 5.62. The standard InChI is InChI=1S/C8H7NS2.C3H8.C2H6/c1-6-2-3-7(11-6)8-9-4-5-10-8;1-3-2;1-2/h2-5H,1H3;3H2,1-2H3;1-2H3. The van der Waals surface area contributed by atoms with Crippen molar-refractivity contribution in [3.63, 3.8) is 0 Å². The first-order valence-electron chi connectivity index (χ1n) is 5.74. The highest BCUT2D eigenvalue weighted by atomic mass is 32.1. The molecule has 0 saturated heterocycles. The lowest BCUT2D eigenvalue weighted by molar-refractivity contribution is 1.09. The van der Waals surface area contributed by atoms with Gasteiger partial charge in [-0.05, 0) is 19.1 Å². The quantitative estimate of drug-likeness (QED) is 0.644. The third-order valence-corrected chi connectivity index (χ3v) is 3.33. The topological polar surface area (TPSA) is 12.9 Å². The lowest BCUT2D eigenvalue weighted by Crippen LogP contribution is -1.63.